The molecule has 8 nitrogen and oxygen atoms in total. The Morgan fingerprint density at radius 2 is 2.11 bits per heavy atom. The largest absolute Gasteiger partial charge is 0.480 e. The van der Waals surface area contributed by atoms with Gasteiger partial charge in [-0.3, -0.25) is 5.32 Å². The molecule has 0 saturated heterocycles. The highest BCUT2D eigenvalue weighted by Crippen LogP contribution is 2.15. The molecule has 0 unspecified atom stereocenters. The smallest absolute Gasteiger partial charge is 0.329 e. The number of carboxylic acids is 1. The molecular formula is C10H15N5O3. The number of carbonyl (C=O) groups is 2. The maximum Gasteiger partial charge on any atom is 0.329 e. The van der Waals surface area contributed by atoms with Gasteiger partial charge in [0.25, 0.3) is 5.95 Å². The van der Waals surface area contributed by atoms with Gasteiger partial charge < -0.3 is 10.0 Å². The Hall–Kier alpha value is -2.25. The number of likely N-dealkylation sites (N-methyl/N-ethyl adjacent to an activating group) is 1. The Bertz CT molecular complexity index is 434. The Balaban J connectivity index is 2.84. The lowest BCUT2D eigenvalue weighted by Gasteiger charge is -2.33. The molecule has 2 N–H and O–H groups in total. The van der Waals surface area contributed by atoms with E-state index in [2.05, 4.69) is 20.5 Å². The summed E-state index contributed by atoms with van der Waals surface area (Å²) >= 11 is 0. The van der Waals surface area contributed by atoms with Crippen molar-refractivity contribution >= 4 is 17.9 Å². The number of nitrogens with one attached hydrogen (secondary N) is 1. The number of hydrogen-bond acceptors (Lipinski definition) is 5. The molecule has 0 aromatic carbocycles. The number of amides is 2. The second kappa shape index (κ2) is 5.39. The van der Waals surface area contributed by atoms with Gasteiger partial charge in [-0.25, -0.2) is 14.6 Å². The standard InChI is InChI=1S/C10H15N5O3/c1-4-15(10(2,3)7(16)17)9(18)13-8-11-5-6-12-14-8/h5-6H,4H2,1-3H3,(H,16,17)(H,11,13,14,18). The number of nitrogens with zero attached hydrogens (tertiary/aromatic N) is 4. The van der Waals surface area contributed by atoms with Crippen molar-refractivity contribution in [3.05, 3.63) is 12.4 Å². The van der Waals surface area contributed by atoms with Crippen LogP contribution in [0.1, 0.15) is 20.8 Å². The van der Waals surface area contributed by atoms with E-state index >= 15 is 0 Å². The lowest BCUT2D eigenvalue weighted by atomic mass is 10.0. The van der Waals surface area contributed by atoms with E-state index in [1.165, 1.54) is 31.1 Å². The van der Waals surface area contributed by atoms with Crippen molar-refractivity contribution in [2.24, 2.45) is 0 Å². The topological polar surface area (TPSA) is 108 Å². The van der Waals surface area contributed by atoms with Crippen molar-refractivity contribution in [2.75, 3.05) is 11.9 Å². The second-order valence-electron chi connectivity index (χ2n) is 4.00. The molecule has 0 radical (unpaired) electrons. The minimum absolute atomic E-state index is 0.0298. The number of aliphatic carboxylic acids is 1. The van der Waals surface area contributed by atoms with E-state index in [0.717, 1.165) is 0 Å². The summed E-state index contributed by atoms with van der Waals surface area (Å²) in [6.07, 6.45) is 2.75. The van der Waals surface area contributed by atoms with E-state index in [1.54, 1.807) is 6.92 Å². The van der Waals surface area contributed by atoms with Crippen LogP contribution in [0.15, 0.2) is 12.4 Å². The third-order valence-corrected chi connectivity index (χ3v) is 2.46. The summed E-state index contributed by atoms with van der Waals surface area (Å²) in [5, 5.41) is 18.6. The van der Waals surface area contributed by atoms with Gasteiger partial charge in [0.15, 0.2) is 0 Å². The summed E-state index contributed by atoms with van der Waals surface area (Å²) in [6.45, 7) is 4.82. The first kappa shape index (κ1) is 13.8. The number of carbonyl (C=O) groups excluding carboxylic acids is 1. The highest BCUT2D eigenvalue weighted by molar-refractivity contribution is 5.92. The van der Waals surface area contributed by atoms with Crippen LogP contribution in [-0.4, -0.2) is 49.3 Å². The van der Waals surface area contributed by atoms with Crippen molar-refractivity contribution in [2.45, 2.75) is 26.3 Å². The number of hydrogen-bond donors (Lipinski definition) is 2. The molecule has 8 heteroatoms. The zero-order chi connectivity index (χ0) is 13.8. The molecule has 0 saturated carbocycles. The molecule has 0 atom stereocenters. The fourth-order valence-corrected chi connectivity index (χ4v) is 1.38. The zero-order valence-electron chi connectivity index (χ0n) is 10.4. The summed E-state index contributed by atoms with van der Waals surface area (Å²) in [5.41, 5.74) is -1.32. The number of rotatable bonds is 4. The van der Waals surface area contributed by atoms with Crippen LogP contribution < -0.4 is 5.32 Å². The summed E-state index contributed by atoms with van der Waals surface area (Å²) in [4.78, 5) is 28.0. The quantitative estimate of drug-likeness (QED) is 0.812. The first-order valence-electron chi connectivity index (χ1n) is 5.35. The van der Waals surface area contributed by atoms with Crippen LogP contribution in [-0.2, 0) is 4.79 Å². The molecule has 0 fully saturated rings. The van der Waals surface area contributed by atoms with E-state index in [1.807, 2.05) is 0 Å². The average Bonchev–Trinajstić information content (AvgIpc) is 2.30. The molecule has 0 spiro atoms. The highest BCUT2D eigenvalue weighted by atomic mass is 16.4. The Kier molecular flexibility index (Phi) is 4.13. The van der Waals surface area contributed by atoms with E-state index < -0.39 is 17.5 Å². The van der Waals surface area contributed by atoms with Crippen LogP contribution in [0.5, 0.6) is 0 Å². The van der Waals surface area contributed by atoms with Crippen molar-refractivity contribution in [3.63, 3.8) is 0 Å². The maximum atomic E-state index is 11.9. The van der Waals surface area contributed by atoms with Gasteiger partial charge in [0.1, 0.15) is 5.54 Å². The Morgan fingerprint density at radius 1 is 1.44 bits per heavy atom. The molecule has 0 aliphatic rings. The van der Waals surface area contributed by atoms with Gasteiger partial charge in [-0.05, 0) is 20.8 Å². The fraction of sp³-hybridized carbons (Fsp3) is 0.500. The predicted molar refractivity (Wildman–Crippen MR) is 62.9 cm³/mol. The highest BCUT2D eigenvalue weighted by Gasteiger charge is 2.37. The van der Waals surface area contributed by atoms with Crippen LogP contribution in [0.2, 0.25) is 0 Å². The molecule has 1 aromatic heterocycles. The summed E-state index contributed by atoms with van der Waals surface area (Å²) in [7, 11) is 0. The van der Waals surface area contributed by atoms with Gasteiger partial charge in [0.2, 0.25) is 0 Å². The molecule has 1 aromatic rings. The summed E-state index contributed by atoms with van der Waals surface area (Å²) in [6, 6.07) is -0.585. The van der Waals surface area contributed by atoms with Crippen LogP contribution in [0, 0.1) is 0 Å². The lowest BCUT2D eigenvalue weighted by molar-refractivity contribution is -0.147. The molecule has 1 rings (SSSR count). The molecular weight excluding hydrogens is 238 g/mol. The fourth-order valence-electron chi connectivity index (χ4n) is 1.38. The van der Waals surface area contributed by atoms with Crippen molar-refractivity contribution in [1.29, 1.82) is 0 Å². The lowest BCUT2D eigenvalue weighted by Crippen LogP contribution is -2.54. The monoisotopic (exact) mass is 253 g/mol. The van der Waals surface area contributed by atoms with Gasteiger partial charge >= 0.3 is 12.0 Å². The van der Waals surface area contributed by atoms with E-state index in [0.29, 0.717) is 0 Å². The Morgan fingerprint density at radius 3 is 2.56 bits per heavy atom. The predicted octanol–water partition coefficient (Wildman–Crippen LogP) is 0.589. The van der Waals surface area contributed by atoms with Gasteiger partial charge in [0.05, 0.1) is 12.4 Å². The normalized spacial score (nSPS) is 10.8. The number of aromatic nitrogens is 3. The van der Waals surface area contributed by atoms with Gasteiger partial charge in [-0.2, -0.15) is 5.10 Å². The minimum atomic E-state index is -1.32. The van der Waals surface area contributed by atoms with Gasteiger partial charge in [0, 0.05) is 6.54 Å². The molecule has 0 aliphatic carbocycles. The SMILES string of the molecule is CCN(C(=O)Nc1nccnn1)C(C)(C)C(=O)O. The van der Waals surface area contributed by atoms with Gasteiger partial charge in [-0.15, -0.1) is 5.10 Å². The zero-order valence-corrected chi connectivity index (χ0v) is 10.4. The Labute approximate surface area is 104 Å². The van der Waals surface area contributed by atoms with Crippen molar-refractivity contribution in [1.82, 2.24) is 20.1 Å². The van der Waals surface area contributed by atoms with E-state index in [-0.39, 0.29) is 12.5 Å². The number of anilines is 1. The molecule has 2 amide bonds. The van der Waals surface area contributed by atoms with Crippen LogP contribution in [0.3, 0.4) is 0 Å². The van der Waals surface area contributed by atoms with Crippen LogP contribution in [0.25, 0.3) is 0 Å². The third kappa shape index (κ3) is 2.90. The average molecular weight is 253 g/mol. The van der Waals surface area contributed by atoms with Crippen LogP contribution >= 0.6 is 0 Å². The molecule has 1 heterocycles. The van der Waals surface area contributed by atoms with E-state index in [9.17, 15) is 9.59 Å². The van der Waals surface area contributed by atoms with Crippen molar-refractivity contribution in [3.8, 4) is 0 Å². The first-order valence-corrected chi connectivity index (χ1v) is 5.35. The number of urea groups is 1. The first-order chi connectivity index (χ1) is 8.39. The summed E-state index contributed by atoms with van der Waals surface area (Å²) in [5.74, 6) is -1.06. The molecule has 18 heavy (non-hydrogen) atoms. The maximum absolute atomic E-state index is 11.9. The van der Waals surface area contributed by atoms with Crippen LogP contribution in [0.4, 0.5) is 10.7 Å². The molecule has 0 aliphatic heterocycles. The van der Waals surface area contributed by atoms with E-state index in [4.69, 9.17) is 5.11 Å². The summed E-state index contributed by atoms with van der Waals surface area (Å²) < 4.78 is 0. The number of carboxylic acid groups (broad SMARTS) is 1. The third-order valence-electron chi connectivity index (χ3n) is 2.46. The molecule has 98 valence electrons. The van der Waals surface area contributed by atoms with Gasteiger partial charge in [-0.1, -0.05) is 0 Å². The second-order valence-corrected chi connectivity index (χ2v) is 4.00. The minimum Gasteiger partial charge on any atom is -0.480 e. The van der Waals surface area contributed by atoms with Crippen molar-refractivity contribution < 1.29 is 14.7 Å². The molecule has 0 bridgehead atoms.